The van der Waals surface area contributed by atoms with Crippen molar-refractivity contribution in [3.63, 3.8) is 0 Å². The Kier molecular flexibility index (Phi) is 12.5. The summed E-state index contributed by atoms with van der Waals surface area (Å²) in [6, 6.07) is 13.2. The normalized spacial score (nSPS) is 22.1. The quantitative estimate of drug-likeness (QED) is 0.0933. The smallest absolute Gasteiger partial charge is 0.378 e. The van der Waals surface area contributed by atoms with E-state index in [1.807, 2.05) is 14.1 Å². The summed E-state index contributed by atoms with van der Waals surface area (Å²) in [6.07, 6.45) is 0.240. The lowest BCUT2D eigenvalue weighted by atomic mass is 9.81. The minimum atomic E-state index is -4.84. The largest absolute Gasteiger partial charge is 0.417 e. The van der Waals surface area contributed by atoms with Crippen molar-refractivity contribution in [1.82, 2.24) is 24.9 Å². The molecule has 2 aliphatic carbocycles. The predicted octanol–water partition coefficient (Wildman–Crippen LogP) is 4.92. The molecule has 1 amide bonds. The molecular weight excluding hydrogens is 736 g/mol. The van der Waals surface area contributed by atoms with E-state index < -0.39 is 44.8 Å². The number of nitrogens with two attached hydrogens (primary N) is 1. The first kappa shape index (κ1) is 40.6. The zero-order valence-electron chi connectivity index (χ0n) is 31.0. The van der Waals surface area contributed by atoms with E-state index in [0.717, 1.165) is 38.5 Å². The molecule has 0 bridgehead atoms. The van der Waals surface area contributed by atoms with Gasteiger partial charge in [-0.05, 0) is 137 Å². The van der Waals surface area contributed by atoms with E-state index in [2.05, 4.69) is 30.2 Å². The topological polar surface area (TPSA) is 185 Å². The van der Waals surface area contributed by atoms with Gasteiger partial charge in [-0.3, -0.25) is 10.1 Å². The van der Waals surface area contributed by atoms with Crippen LogP contribution in [0.1, 0.15) is 62.5 Å². The number of hydrogen-bond acceptors (Lipinski definition) is 8. The number of nitrogens with one attached hydrogen (secondary N) is 5. The van der Waals surface area contributed by atoms with Crippen molar-refractivity contribution >= 4 is 32.7 Å². The van der Waals surface area contributed by atoms with E-state index in [1.54, 1.807) is 30.3 Å². The number of rotatable bonds is 13. The molecule has 0 saturated heterocycles. The number of aromatic amines is 2. The molecule has 3 aromatic carbocycles. The summed E-state index contributed by atoms with van der Waals surface area (Å²) in [5.41, 5.74) is 6.52. The number of H-pyrrole nitrogens is 2. The summed E-state index contributed by atoms with van der Waals surface area (Å²) in [4.78, 5) is 32.4. The number of aromatic nitrogens is 2. The second-order valence-electron chi connectivity index (χ2n) is 15.2. The Morgan fingerprint density at radius 1 is 0.927 bits per heavy atom. The van der Waals surface area contributed by atoms with Crippen molar-refractivity contribution in [2.75, 3.05) is 26.0 Å². The molecule has 6 rings (SSSR count). The second-order valence-corrected chi connectivity index (χ2v) is 16.9. The van der Waals surface area contributed by atoms with Crippen LogP contribution >= 0.6 is 0 Å². The molecule has 2 atom stereocenters. The van der Waals surface area contributed by atoms with Gasteiger partial charge in [-0.25, -0.2) is 17.9 Å². The molecule has 4 aromatic rings. The molecule has 0 spiro atoms. The van der Waals surface area contributed by atoms with Crippen LogP contribution in [0.3, 0.4) is 0 Å². The molecular formula is C39H50F3N7O5S. The highest BCUT2D eigenvalue weighted by Gasteiger charge is 2.36. The lowest BCUT2D eigenvalue weighted by Crippen LogP contribution is -2.50. The number of carbonyl (C=O) groups excluding carboxylic acids is 1. The highest BCUT2D eigenvalue weighted by atomic mass is 32.2. The SMILES string of the molecule is CN(C)C1CCC(NS(=O)(=O)c2ccc(-c3ccc(CC(N[C@H](O)C4CCC(CN)CC4)C(=O)Nc4ccc5[nH]c(=O)[nH]c5c4)cc3)c(C(F)(F)F)c2)CC1. The predicted molar refractivity (Wildman–Crippen MR) is 206 cm³/mol. The Balaban J connectivity index is 1.20. The number of aliphatic hydroxyl groups is 1. The van der Waals surface area contributed by atoms with E-state index in [-0.39, 0.29) is 35.2 Å². The standard InChI is InChI=1S/C39H50F3N7O5S/c1-49(2)29-14-11-27(12-15-29)48-55(53,54)30-16-17-31(32(21-30)39(40,41)42)25-7-3-23(4-8-25)19-35(45-36(50)26-9-5-24(22-43)6-10-26)37(51)44-28-13-18-33-34(20-28)47-38(52)46-33/h3-4,7-8,13,16-18,20-21,24,26-27,29,35-36,45,48,50H,5-6,9-12,14-15,19,22,43H2,1-2H3,(H,44,51)(H2,46,47,52)/t24?,26?,27?,29?,35?,36-/m1/s1. The maximum atomic E-state index is 14.5. The Labute approximate surface area is 318 Å². The van der Waals surface area contributed by atoms with E-state index in [9.17, 15) is 36.3 Å². The second kappa shape index (κ2) is 17.0. The van der Waals surface area contributed by atoms with Gasteiger partial charge in [0.25, 0.3) is 0 Å². The van der Waals surface area contributed by atoms with Crippen LogP contribution in [0, 0.1) is 11.8 Å². The average molecular weight is 786 g/mol. The lowest BCUT2D eigenvalue weighted by Gasteiger charge is -2.33. The van der Waals surface area contributed by atoms with E-state index in [0.29, 0.717) is 59.7 Å². The molecule has 0 radical (unpaired) electrons. The maximum Gasteiger partial charge on any atom is 0.417 e. The van der Waals surface area contributed by atoms with Crippen LogP contribution in [0.25, 0.3) is 22.2 Å². The molecule has 12 nitrogen and oxygen atoms in total. The number of fused-ring (bicyclic) bond motifs is 1. The van der Waals surface area contributed by atoms with Gasteiger partial charge in [0.15, 0.2) is 0 Å². The van der Waals surface area contributed by atoms with Gasteiger partial charge in [0.05, 0.1) is 27.5 Å². The summed E-state index contributed by atoms with van der Waals surface area (Å²) < 4.78 is 72.6. The van der Waals surface area contributed by atoms with Crippen LogP contribution in [0.15, 0.2) is 70.4 Å². The van der Waals surface area contributed by atoms with Gasteiger partial charge < -0.3 is 31.0 Å². The summed E-state index contributed by atoms with van der Waals surface area (Å²) in [5, 5.41) is 17.2. The zero-order valence-corrected chi connectivity index (χ0v) is 31.8. The molecule has 1 unspecified atom stereocenters. The van der Waals surface area contributed by atoms with Gasteiger partial charge in [-0.15, -0.1) is 0 Å². The fourth-order valence-electron chi connectivity index (χ4n) is 7.88. The van der Waals surface area contributed by atoms with Crippen LogP contribution in [0.4, 0.5) is 18.9 Å². The number of aliphatic hydroxyl groups excluding tert-OH is 1. The van der Waals surface area contributed by atoms with Crippen LogP contribution in [-0.2, 0) is 27.4 Å². The maximum absolute atomic E-state index is 14.5. The number of benzene rings is 3. The molecule has 8 N–H and O–H groups in total. The van der Waals surface area contributed by atoms with Gasteiger partial charge in [-0.2, -0.15) is 13.2 Å². The Morgan fingerprint density at radius 2 is 1.60 bits per heavy atom. The molecule has 2 fully saturated rings. The minimum absolute atomic E-state index is 0.0932. The van der Waals surface area contributed by atoms with Crippen LogP contribution in [-0.4, -0.2) is 79.3 Å². The number of hydrogen-bond donors (Lipinski definition) is 7. The number of imidazole rings is 1. The van der Waals surface area contributed by atoms with Crippen LogP contribution < -0.4 is 26.8 Å². The number of amides is 1. The number of halogens is 3. The Morgan fingerprint density at radius 3 is 2.24 bits per heavy atom. The number of anilines is 1. The third kappa shape index (κ3) is 10.0. The molecule has 2 saturated carbocycles. The third-order valence-corrected chi connectivity index (χ3v) is 12.7. The molecule has 1 aromatic heterocycles. The van der Waals surface area contributed by atoms with Crippen LogP contribution in [0.2, 0.25) is 0 Å². The number of alkyl halides is 3. The first-order chi connectivity index (χ1) is 26.1. The van der Waals surface area contributed by atoms with Crippen molar-refractivity contribution in [2.24, 2.45) is 17.6 Å². The van der Waals surface area contributed by atoms with Gasteiger partial charge >= 0.3 is 11.9 Å². The number of nitrogens with zero attached hydrogens (tertiary/aromatic N) is 1. The summed E-state index contributed by atoms with van der Waals surface area (Å²) >= 11 is 0. The number of carbonyl (C=O) groups is 1. The van der Waals surface area contributed by atoms with Gasteiger partial charge in [0, 0.05) is 17.8 Å². The Hall–Kier alpha value is -4.06. The molecule has 55 heavy (non-hydrogen) atoms. The lowest BCUT2D eigenvalue weighted by molar-refractivity contribution is -0.137. The van der Waals surface area contributed by atoms with E-state index in [1.165, 1.54) is 24.3 Å². The zero-order chi connectivity index (χ0) is 39.5. The molecule has 298 valence electrons. The van der Waals surface area contributed by atoms with Crippen molar-refractivity contribution in [1.29, 1.82) is 0 Å². The van der Waals surface area contributed by atoms with E-state index >= 15 is 0 Å². The van der Waals surface area contributed by atoms with Crippen LogP contribution in [0.5, 0.6) is 0 Å². The van der Waals surface area contributed by atoms with Crippen molar-refractivity contribution in [3.05, 3.63) is 82.3 Å². The highest BCUT2D eigenvalue weighted by Crippen LogP contribution is 2.39. The van der Waals surface area contributed by atoms with Crippen molar-refractivity contribution in [2.45, 2.75) is 93.2 Å². The van der Waals surface area contributed by atoms with Gasteiger partial charge in [0.1, 0.15) is 6.23 Å². The van der Waals surface area contributed by atoms with Gasteiger partial charge in [-0.1, -0.05) is 30.3 Å². The molecule has 16 heteroatoms. The summed E-state index contributed by atoms with van der Waals surface area (Å²) in [6.45, 7) is 0.581. The molecule has 2 aliphatic rings. The average Bonchev–Trinajstić information content (AvgIpc) is 3.53. The van der Waals surface area contributed by atoms with Crippen molar-refractivity contribution < 1.29 is 31.5 Å². The first-order valence-electron chi connectivity index (χ1n) is 18.8. The molecule has 1 heterocycles. The number of sulfonamides is 1. The third-order valence-electron chi connectivity index (χ3n) is 11.2. The first-order valence-corrected chi connectivity index (χ1v) is 20.2. The Bertz CT molecular complexity index is 2100. The summed E-state index contributed by atoms with van der Waals surface area (Å²) in [7, 11) is -0.275. The fraction of sp³-hybridized carbons (Fsp3) is 0.487. The minimum Gasteiger partial charge on any atom is -0.378 e. The summed E-state index contributed by atoms with van der Waals surface area (Å²) in [5.74, 6) is -0.154. The van der Waals surface area contributed by atoms with E-state index in [4.69, 9.17) is 5.73 Å². The van der Waals surface area contributed by atoms with Gasteiger partial charge in [0.2, 0.25) is 15.9 Å². The fourth-order valence-corrected chi connectivity index (χ4v) is 9.21. The van der Waals surface area contributed by atoms with Crippen molar-refractivity contribution in [3.8, 4) is 11.1 Å². The molecule has 0 aliphatic heterocycles. The monoisotopic (exact) mass is 785 g/mol. The highest BCUT2D eigenvalue weighted by molar-refractivity contribution is 7.89.